The van der Waals surface area contributed by atoms with Crippen molar-refractivity contribution >= 4 is 12.0 Å². The van der Waals surface area contributed by atoms with E-state index in [1.807, 2.05) is 0 Å². The molecule has 0 aromatic rings. The third-order valence-corrected chi connectivity index (χ3v) is 1.60. The first-order chi connectivity index (χ1) is 7.11. The van der Waals surface area contributed by atoms with Crippen LogP contribution in [0.2, 0.25) is 0 Å². The summed E-state index contributed by atoms with van der Waals surface area (Å²) in [6.45, 7) is 0.265. The van der Waals surface area contributed by atoms with Crippen LogP contribution in [0.5, 0.6) is 0 Å². The monoisotopic (exact) mass is 220 g/mol. The van der Waals surface area contributed by atoms with Crippen LogP contribution in [-0.4, -0.2) is 55.1 Å². The number of hydrogen-bond donors (Lipinski definition) is 4. The Morgan fingerprint density at radius 2 is 2.13 bits per heavy atom. The van der Waals surface area contributed by atoms with Crippen molar-refractivity contribution in [1.82, 2.24) is 10.6 Å². The lowest BCUT2D eigenvalue weighted by Crippen LogP contribution is -2.48. The molecule has 15 heavy (non-hydrogen) atoms. The fraction of sp³-hybridized carbons (Fsp3) is 0.750. The molecule has 2 amide bonds. The number of carboxylic acids is 1. The topological polar surface area (TPSA) is 108 Å². The van der Waals surface area contributed by atoms with Gasteiger partial charge in [-0.15, -0.1) is 0 Å². The molecule has 1 atom stereocenters. The average Bonchev–Trinajstić information content (AvgIpc) is 2.20. The van der Waals surface area contributed by atoms with Gasteiger partial charge in [0, 0.05) is 20.3 Å². The highest BCUT2D eigenvalue weighted by Crippen LogP contribution is 1.83. The van der Waals surface area contributed by atoms with Crippen molar-refractivity contribution in [2.45, 2.75) is 12.5 Å². The lowest BCUT2D eigenvalue weighted by Gasteiger charge is -2.12. The smallest absolute Gasteiger partial charge is 0.328 e. The Kier molecular flexibility index (Phi) is 7.29. The highest BCUT2D eigenvalue weighted by atomic mass is 16.5. The Morgan fingerprint density at radius 3 is 2.60 bits per heavy atom. The molecule has 7 nitrogen and oxygen atoms in total. The Balaban J connectivity index is 3.67. The molecule has 0 radical (unpaired) electrons. The summed E-state index contributed by atoms with van der Waals surface area (Å²) in [4.78, 5) is 21.5. The van der Waals surface area contributed by atoms with Crippen molar-refractivity contribution < 1.29 is 24.5 Å². The molecule has 0 bridgehead atoms. The molecule has 0 fully saturated rings. The molecule has 0 saturated carbocycles. The maximum Gasteiger partial charge on any atom is 0.328 e. The summed E-state index contributed by atoms with van der Waals surface area (Å²) in [5.41, 5.74) is 0. The zero-order chi connectivity index (χ0) is 11.7. The Hall–Kier alpha value is -1.34. The van der Waals surface area contributed by atoms with Crippen LogP contribution in [-0.2, 0) is 9.53 Å². The second-order valence-corrected chi connectivity index (χ2v) is 2.82. The van der Waals surface area contributed by atoms with E-state index in [0.29, 0.717) is 19.6 Å². The van der Waals surface area contributed by atoms with E-state index in [-0.39, 0.29) is 0 Å². The number of carbonyl (C=O) groups is 2. The van der Waals surface area contributed by atoms with E-state index in [1.165, 1.54) is 0 Å². The van der Waals surface area contributed by atoms with Gasteiger partial charge in [0.05, 0.1) is 6.61 Å². The van der Waals surface area contributed by atoms with Crippen molar-refractivity contribution in [2.75, 3.05) is 26.9 Å². The first-order valence-electron chi connectivity index (χ1n) is 4.48. The van der Waals surface area contributed by atoms with Gasteiger partial charge in [-0.25, -0.2) is 9.59 Å². The van der Waals surface area contributed by atoms with Gasteiger partial charge in [-0.05, 0) is 6.42 Å². The number of nitrogens with one attached hydrogen (secondary N) is 2. The molecule has 0 saturated heterocycles. The van der Waals surface area contributed by atoms with E-state index >= 15 is 0 Å². The molecule has 0 unspecified atom stereocenters. The normalized spacial score (nSPS) is 11.9. The number of ether oxygens (including phenoxy) is 1. The molecule has 0 aliphatic heterocycles. The number of aliphatic hydroxyl groups excluding tert-OH is 1. The first kappa shape index (κ1) is 13.7. The Morgan fingerprint density at radius 1 is 1.47 bits per heavy atom. The number of urea groups is 1. The Labute approximate surface area is 87.4 Å². The molecule has 88 valence electrons. The number of amides is 2. The van der Waals surface area contributed by atoms with Gasteiger partial charge >= 0.3 is 12.0 Å². The number of hydrogen-bond acceptors (Lipinski definition) is 4. The molecular formula is C8H16N2O5. The second-order valence-electron chi connectivity index (χ2n) is 2.82. The van der Waals surface area contributed by atoms with Crippen LogP contribution >= 0.6 is 0 Å². The van der Waals surface area contributed by atoms with Gasteiger partial charge in [0.25, 0.3) is 0 Å². The van der Waals surface area contributed by atoms with Crippen LogP contribution in [0.4, 0.5) is 4.79 Å². The minimum Gasteiger partial charge on any atom is -0.480 e. The van der Waals surface area contributed by atoms with E-state index < -0.39 is 24.6 Å². The van der Waals surface area contributed by atoms with Crippen LogP contribution in [0.25, 0.3) is 0 Å². The highest BCUT2D eigenvalue weighted by Gasteiger charge is 2.17. The van der Waals surface area contributed by atoms with Crippen LogP contribution in [0.15, 0.2) is 0 Å². The Bertz CT molecular complexity index is 209. The van der Waals surface area contributed by atoms with Crippen molar-refractivity contribution in [3.8, 4) is 0 Å². The zero-order valence-electron chi connectivity index (χ0n) is 8.52. The minimum atomic E-state index is -1.27. The average molecular weight is 220 g/mol. The molecule has 7 heteroatoms. The second kappa shape index (κ2) is 8.01. The fourth-order valence-electron chi connectivity index (χ4n) is 0.813. The molecular weight excluding hydrogens is 204 g/mol. The number of carboxylic acid groups (broad SMARTS) is 1. The SMILES string of the molecule is COCCCNC(=O)N[C@H](CO)C(=O)O. The molecule has 0 aromatic carbocycles. The van der Waals surface area contributed by atoms with Crippen LogP contribution in [0.3, 0.4) is 0 Å². The van der Waals surface area contributed by atoms with Gasteiger partial charge in [0.2, 0.25) is 0 Å². The number of aliphatic hydroxyl groups is 1. The van der Waals surface area contributed by atoms with E-state index in [9.17, 15) is 9.59 Å². The van der Waals surface area contributed by atoms with Gasteiger partial charge in [0.1, 0.15) is 0 Å². The van der Waals surface area contributed by atoms with Crippen LogP contribution in [0.1, 0.15) is 6.42 Å². The van der Waals surface area contributed by atoms with Crippen LogP contribution in [0, 0.1) is 0 Å². The van der Waals surface area contributed by atoms with Gasteiger partial charge in [-0.2, -0.15) is 0 Å². The first-order valence-corrected chi connectivity index (χ1v) is 4.48. The third-order valence-electron chi connectivity index (χ3n) is 1.60. The van der Waals surface area contributed by atoms with E-state index in [4.69, 9.17) is 14.9 Å². The lowest BCUT2D eigenvalue weighted by atomic mass is 10.3. The van der Waals surface area contributed by atoms with Crippen molar-refractivity contribution in [3.63, 3.8) is 0 Å². The number of aliphatic carboxylic acids is 1. The molecule has 0 spiro atoms. The summed E-state index contributed by atoms with van der Waals surface area (Å²) in [6.07, 6.45) is 0.640. The van der Waals surface area contributed by atoms with Crippen molar-refractivity contribution in [1.29, 1.82) is 0 Å². The maximum absolute atomic E-state index is 11.0. The predicted molar refractivity (Wildman–Crippen MR) is 51.5 cm³/mol. The predicted octanol–water partition coefficient (Wildman–Crippen LogP) is -1.23. The molecule has 0 rings (SSSR count). The van der Waals surface area contributed by atoms with E-state index in [2.05, 4.69) is 10.6 Å². The van der Waals surface area contributed by atoms with Gasteiger partial charge in [-0.1, -0.05) is 0 Å². The molecule has 0 aromatic heterocycles. The minimum absolute atomic E-state index is 0.386. The molecule has 0 aliphatic carbocycles. The summed E-state index contributed by atoms with van der Waals surface area (Å²) in [5, 5.41) is 21.7. The molecule has 4 N–H and O–H groups in total. The molecule has 0 aliphatic rings. The van der Waals surface area contributed by atoms with Crippen LogP contribution < -0.4 is 10.6 Å². The van der Waals surface area contributed by atoms with E-state index in [1.54, 1.807) is 7.11 Å². The van der Waals surface area contributed by atoms with Crippen molar-refractivity contribution in [3.05, 3.63) is 0 Å². The summed E-state index contributed by atoms with van der Waals surface area (Å²) in [5.74, 6) is -1.27. The van der Waals surface area contributed by atoms with E-state index in [0.717, 1.165) is 0 Å². The highest BCUT2D eigenvalue weighted by molar-refractivity contribution is 5.82. The largest absolute Gasteiger partial charge is 0.480 e. The lowest BCUT2D eigenvalue weighted by molar-refractivity contribution is -0.140. The van der Waals surface area contributed by atoms with Gasteiger partial charge < -0.3 is 25.6 Å². The summed E-state index contributed by atoms with van der Waals surface area (Å²) >= 11 is 0. The van der Waals surface area contributed by atoms with Crippen molar-refractivity contribution in [2.24, 2.45) is 0 Å². The zero-order valence-corrected chi connectivity index (χ0v) is 8.52. The number of carbonyl (C=O) groups excluding carboxylic acids is 1. The van der Waals surface area contributed by atoms with Gasteiger partial charge in [-0.3, -0.25) is 0 Å². The summed E-state index contributed by atoms with van der Waals surface area (Å²) < 4.78 is 4.76. The number of methoxy groups -OCH3 is 1. The summed E-state index contributed by atoms with van der Waals surface area (Å²) in [7, 11) is 1.55. The quantitative estimate of drug-likeness (QED) is 0.402. The van der Waals surface area contributed by atoms with Gasteiger partial charge in [0.15, 0.2) is 6.04 Å². The fourth-order valence-corrected chi connectivity index (χ4v) is 0.813. The standard InChI is InChI=1S/C8H16N2O5/c1-15-4-2-3-9-8(14)10-6(5-11)7(12)13/h6,11H,2-5H2,1H3,(H,12,13)(H2,9,10,14)/t6-/m1/s1. The molecule has 0 heterocycles. The third kappa shape index (κ3) is 6.69. The number of rotatable bonds is 7. The maximum atomic E-state index is 11.0. The summed E-state index contributed by atoms with van der Waals surface area (Å²) in [6, 6.07) is -1.89.